The predicted octanol–water partition coefficient (Wildman–Crippen LogP) is 6.27. The third-order valence-corrected chi connectivity index (χ3v) is 5.92. The first-order valence-electron chi connectivity index (χ1n) is 8.32. The van der Waals surface area contributed by atoms with Crippen LogP contribution in [-0.2, 0) is 6.54 Å². The molecule has 0 bridgehead atoms. The van der Waals surface area contributed by atoms with E-state index in [1.165, 1.54) is 79.3 Å². The van der Waals surface area contributed by atoms with Gasteiger partial charge >= 0.3 is 0 Å². The molecule has 2 rings (SSSR count). The molecule has 0 atom stereocenters. The van der Waals surface area contributed by atoms with Crippen LogP contribution in [0.2, 0.25) is 0 Å². The van der Waals surface area contributed by atoms with Crippen molar-refractivity contribution in [2.45, 2.75) is 83.2 Å². The zero-order valence-electron chi connectivity index (χ0n) is 12.5. The van der Waals surface area contributed by atoms with Crippen LogP contribution in [0.25, 0.3) is 0 Å². The number of thiophene rings is 1. The van der Waals surface area contributed by atoms with Gasteiger partial charge < -0.3 is 5.32 Å². The Morgan fingerprint density at radius 2 is 1.45 bits per heavy atom. The third-order valence-electron chi connectivity index (χ3n) is 4.30. The van der Waals surface area contributed by atoms with E-state index in [1.807, 2.05) is 11.3 Å². The molecule has 1 aromatic rings. The first-order chi connectivity index (χ1) is 9.84. The first kappa shape index (κ1) is 16.5. The van der Waals surface area contributed by atoms with Gasteiger partial charge in [0.05, 0.1) is 3.79 Å². The van der Waals surface area contributed by atoms with Gasteiger partial charge in [-0.15, -0.1) is 11.3 Å². The normalized spacial score (nSPS) is 20.2. The first-order valence-corrected chi connectivity index (χ1v) is 9.93. The fourth-order valence-electron chi connectivity index (χ4n) is 3.06. The van der Waals surface area contributed by atoms with Gasteiger partial charge in [0.15, 0.2) is 0 Å². The van der Waals surface area contributed by atoms with E-state index >= 15 is 0 Å². The van der Waals surface area contributed by atoms with E-state index in [0.29, 0.717) is 0 Å². The highest BCUT2D eigenvalue weighted by Gasteiger charge is 2.09. The summed E-state index contributed by atoms with van der Waals surface area (Å²) in [5, 5.41) is 3.79. The molecule has 1 aromatic heterocycles. The SMILES string of the molecule is Brc1ccc(CNC2CCCCCCCCCCC2)s1. The average Bonchev–Trinajstić information content (AvgIpc) is 2.84. The fraction of sp³-hybridized carbons (Fsp3) is 0.765. The number of nitrogens with one attached hydrogen (secondary N) is 1. The highest BCUT2D eigenvalue weighted by atomic mass is 79.9. The Kier molecular flexibility index (Phi) is 8.23. The van der Waals surface area contributed by atoms with Gasteiger partial charge in [-0.3, -0.25) is 0 Å². The van der Waals surface area contributed by atoms with Gasteiger partial charge in [0, 0.05) is 17.5 Å². The summed E-state index contributed by atoms with van der Waals surface area (Å²) < 4.78 is 1.24. The topological polar surface area (TPSA) is 12.0 Å². The van der Waals surface area contributed by atoms with Crippen molar-refractivity contribution >= 4 is 27.3 Å². The van der Waals surface area contributed by atoms with Crippen molar-refractivity contribution in [1.82, 2.24) is 5.32 Å². The third kappa shape index (κ3) is 6.73. The molecule has 1 N–H and O–H groups in total. The highest BCUT2D eigenvalue weighted by molar-refractivity contribution is 9.11. The molecule has 1 saturated carbocycles. The summed E-state index contributed by atoms with van der Waals surface area (Å²) >= 11 is 5.40. The van der Waals surface area contributed by atoms with E-state index in [0.717, 1.165) is 12.6 Å². The summed E-state index contributed by atoms with van der Waals surface area (Å²) in [6.07, 6.45) is 15.7. The van der Waals surface area contributed by atoms with Gasteiger partial charge in [-0.2, -0.15) is 0 Å². The number of halogens is 1. The summed E-state index contributed by atoms with van der Waals surface area (Å²) in [6, 6.07) is 5.12. The second kappa shape index (κ2) is 9.97. The molecular weight excluding hydrogens is 330 g/mol. The van der Waals surface area contributed by atoms with Crippen LogP contribution in [0.15, 0.2) is 15.9 Å². The quantitative estimate of drug-likeness (QED) is 0.671. The van der Waals surface area contributed by atoms with Gasteiger partial charge in [-0.1, -0.05) is 57.8 Å². The van der Waals surface area contributed by atoms with Gasteiger partial charge in [-0.25, -0.2) is 0 Å². The summed E-state index contributed by atoms with van der Waals surface area (Å²) in [4.78, 5) is 1.45. The minimum Gasteiger partial charge on any atom is -0.309 e. The largest absolute Gasteiger partial charge is 0.309 e. The molecule has 1 fully saturated rings. The smallest absolute Gasteiger partial charge is 0.0701 e. The summed E-state index contributed by atoms with van der Waals surface area (Å²) in [7, 11) is 0. The number of hydrogen-bond acceptors (Lipinski definition) is 2. The zero-order chi connectivity index (χ0) is 14.0. The molecule has 0 aromatic carbocycles. The summed E-state index contributed by atoms with van der Waals surface area (Å²) in [6.45, 7) is 1.04. The van der Waals surface area contributed by atoms with E-state index < -0.39 is 0 Å². The van der Waals surface area contributed by atoms with Crippen LogP contribution in [0.3, 0.4) is 0 Å². The van der Waals surface area contributed by atoms with Crippen molar-refractivity contribution in [1.29, 1.82) is 0 Å². The maximum atomic E-state index is 3.79. The zero-order valence-corrected chi connectivity index (χ0v) is 14.9. The van der Waals surface area contributed by atoms with Crippen molar-refractivity contribution in [3.8, 4) is 0 Å². The van der Waals surface area contributed by atoms with Gasteiger partial charge in [0.25, 0.3) is 0 Å². The van der Waals surface area contributed by atoms with Gasteiger partial charge in [0.2, 0.25) is 0 Å². The molecule has 3 heteroatoms. The van der Waals surface area contributed by atoms with Gasteiger partial charge in [-0.05, 0) is 40.9 Å². The molecule has 0 radical (unpaired) electrons. The van der Waals surface area contributed by atoms with Crippen molar-refractivity contribution < 1.29 is 0 Å². The minimum absolute atomic E-state index is 0.732. The summed E-state index contributed by atoms with van der Waals surface area (Å²) in [5.74, 6) is 0. The molecule has 0 aliphatic heterocycles. The van der Waals surface area contributed by atoms with Crippen LogP contribution in [-0.4, -0.2) is 6.04 Å². The molecule has 1 aliphatic carbocycles. The Labute approximate surface area is 136 Å². The van der Waals surface area contributed by atoms with E-state index in [4.69, 9.17) is 0 Å². The second-order valence-corrected chi connectivity index (χ2v) is 8.59. The van der Waals surface area contributed by atoms with E-state index in [2.05, 4.69) is 33.4 Å². The molecule has 114 valence electrons. The lowest BCUT2D eigenvalue weighted by Gasteiger charge is -2.19. The van der Waals surface area contributed by atoms with Crippen molar-refractivity contribution in [2.75, 3.05) is 0 Å². The molecular formula is C17H28BrNS. The monoisotopic (exact) mass is 357 g/mol. The lowest BCUT2D eigenvalue weighted by molar-refractivity contribution is 0.404. The molecule has 0 saturated heterocycles. The molecule has 0 amide bonds. The standard InChI is InChI=1S/C17H28BrNS/c18-17-13-12-16(20-17)14-19-15-10-8-6-4-2-1-3-5-7-9-11-15/h12-13,15,19H,1-11,14H2. The maximum Gasteiger partial charge on any atom is 0.0701 e. The molecule has 1 heterocycles. The molecule has 0 spiro atoms. The Morgan fingerprint density at radius 1 is 0.900 bits per heavy atom. The van der Waals surface area contributed by atoms with Crippen LogP contribution in [0.4, 0.5) is 0 Å². The molecule has 0 unspecified atom stereocenters. The minimum atomic E-state index is 0.732. The predicted molar refractivity (Wildman–Crippen MR) is 93.4 cm³/mol. The van der Waals surface area contributed by atoms with Crippen LogP contribution in [0.5, 0.6) is 0 Å². The molecule has 20 heavy (non-hydrogen) atoms. The van der Waals surface area contributed by atoms with E-state index in [-0.39, 0.29) is 0 Å². The summed E-state index contributed by atoms with van der Waals surface area (Å²) in [5.41, 5.74) is 0. The Balaban J connectivity index is 1.73. The Hall–Kier alpha value is 0.140. The Morgan fingerprint density at radius 3 is 1.95 bits per heavy atom. The highest BCUT2D eigenvalue weighted by Crippen LogP contribution is 2.23. The van der Waals surface area contributed by atoms with Crippen LogP contribution < -0.4 is 5.32 Å². The Bertz CT molecular complexity index is 352. The fourth-order valence-corrected chi connectivity index (χ4v) is 4.49. The number of rotatable bonds is 3. The van der Waals surface area contributed by atoms with Crippen LogP contribution >= 0.6 is 27.3 Å². The van der Waals surface area contributed by atoms with E-state index in [9.17, 15) is 0 Å². The molecule has 1 nitrogen and oxygen atoms in total. The van der Waals surface area contributed by atoms with Crippen molar-refractivity contribution in [3.05, 3.63) is 20.8 Å². The van der Waals surface area contributed by atoms with Crippen LogP contribution in [0, 0.1) is 0 Å². The van der Waals surface area contributed by atoms with Crippen LogP contribution in [0.1, 0.15) is 75.5 Å². The second-order valence-electron chi connectivity index (χ2n) is 6.04. The average molecular weight is 358 g/mol. The lowest BCUT2D eigenvalue weighted by atomic mass is 9.98. The van der Waals surface area contributed by atoms with E-state index in [1.54, 1.807) is 0 Å². The maximum absolute atomic E-state index is 3.79. The van der Waals surface area contributed by atoms with Crippen molar-refractivity contribution in [3.63, 3.8) is 0 Å². The molecule has 1 aliphatic rings. The number of hydrogen-bond donors (Lipinski definition) is 1. The van der Waals surface area contributed by atoms with Gasteiger partial charge in [0.1, 0.15) is 0 Å². The lowest BCUT2D eigenvalue weighted by Crippen LogP contribution is -2.28. The van der Waals surface area contributed by atoms with Crippen molar-refractivity contribution in [2.24, 2.45) is 0 Å².